The maximum Gasteiger partial charge on any atom is 0.331 e. The summed E-state index contributed by atoms with van der Waals surface area (Å²) in [5.41, 5.74) is 0.534. The number of hydroxylamine groups is 1. The molecule has 2 aliphatic rings. The number of aliphatic imine (C=N–C) groups is 1. The van der Waals surface area contributed by atoms with Crippen molar-refractivity contribution in [3.05, 3.63) is 23.3 Å². The minimum atomic E-state index is -1.50. The molecule has 0 saturated carbocycles. The molecule has 108 valence electrons. The summed E-state index contributed by atoms with van der Waals surface area (Å²) in [5, 5.41) is 18.9. The molecular formula is C13H16N2O5. The second-order valence-corrected chi connectivity index (χ2v) is 4.98. The monoisotopic (exact) mass is 280 g/mol. The number of nitrogens with one attached hydrogen (secondary N) is 1. The predicted molar refractivity (Wildman–Crippen MR) is 69.9 cm³/mol. The van der Waals surface area contributed by atoms with Crippen LogP contribution in [0.2, 0.25) is 0 Å². The van der Waals surface area contributed by atoms with Gasteiger partial charge in [0.2, 0.25) is 0 Å². The summed E-state index contributed by atoms with van der Waals surface area (Å²) in [4.78, 5) is 32.2. The molecule has 1 aliphatic heterocycles. The molecule has 7 nitrogen and oxygen atoms in total. The summed E-state index contributed by atoms with van der Waals surface area (Å²) in [6.07, 6.45) is 4.36. The molecule has 1 heterocycles. The van der Waals surface area contributed by atoms with Gasteiger partial charge in [-0.15, -0.1) is 5.48 Å². The van der Waals surface area contributed by atoms with Gasteiger partial charge < -0.3 is 15.1 Å². The Morgan fingerprint density at radius 2 is 2.20 bits per heavy atom. The number of aliphatic carboxylic acids is 2. The third-order valence-corrected chi connectivity index (χ3v) is 3.80. The van der Waals surface area contributed by atoms with Crippen molar-refractivity contribution in [2.24, 2.45) is 10.4 Å². The van der Waals surface area contributed by atoms with Gasteiger partial charge in [-0.25, -0.2) is 9.79 Å². The van der Waals surface area contributed by atoms with Crippen molar-refractivity contribution >= 4 is 18.3 Å². The number of hydrogen-bond acceptors (Lipinski definition) is 5. The first-order valence-electron chi connectivity index (χ1n) is 6.20. The highest BCUT2D eigenvalue weighted by molar-refractivity contribution is 5.91. The molecule has 0 amide bonds. The Morgan fingerprint density at radius 1 is 1.50 bits per heavy atom. The fraction of sp³-hybridized carbons (Fsp3) is 0.462. The zero-order valence-electron chi connectivity index (χ0n) is 11.2. The van der Waals surface area contributed by atoms with Crippen LogP contribution in [0.3, 0.4) is 0 Å². The highest BCUT2D eigenvalue weighted by atomic mass is 16.7. The molecule has 20 heavy (non-hydrogen) atoms. The van der Waals surface area contributed by atoms with Gasteiger partial charge in [-0.2, -0.15) is 0 Å². The lowest BCUT2D eigenvalue weighted by atomic mass is 9.66. The Hall–Kier alpha value is -2.15. The lowest BCUT2D eigenvalue weighted by molar-refractivity contribution is -0.153. The van der Waals surface area contributed by atoms with Crippen LogP contribution in [0.5, 0.6) is 0 Å². The first-order valence-corrected chi connectivity index (χ1v) is 6.20. The van der Waals surface area contributed by atoms with Gasteiger partial charge in [0.1, 0.15) is 5.41 Å². The minimum Gasteiger partial charge on any atom is -0.480 e. The van der Waals surface area contributed by atoms with Gasteiger partial charge >= 0.3 is 11.9 Å². The molecule has 0 aromatic rings. The SMILES string of the molecule is CCC1(C2(C(=O)O)C=C(C)C=C(C(=O)O)C2)N=CON1. The lowest BCUT2D eigenvalue weighted by Crippen LogP contribution is -2.58. The fourth-order valence-electron chi connectivity index (χ4n) is 2.78. The Labute approximate surface area is 115 Å². The standard InChI is InChI=1S/C13H16N2O5/c1-3-13(14-7-20-15-13)12(11(18)19)5-8(2)4-9(6-12)10(16)17/h4-5,7,15H,3,6H2,1-2H3,(H,16,17)(H,18,19). The van der Waals surface area contributed by atoms with E-state index in [0.717, 1.165) is 6.40 Å². The normalized spacial score (nSPS) is 32.3. The van der Waals surface area contributed by atoms with Crippen LogP contribution in [0, 0.1) is 5.41 Å². The van der Waals surface area contributed by atoms with Crippen LogP contribution in [0.15, 0.2) is 28.3 Å². The van der Waals surface area contributed by atoms with E-state index in [1.807, 2.05) is 0 Å². The van der Waals surface area contributed by atoms with Crippen LogP contribution in [0.4, 0.5) is 0 Å². The van der Waals surface area contributed by atoms with E-state index in [9.17, 15) is 19.8 Å². The minimum absolute atomic E-state index is 0.0455. The van der Waals surface area contributed by atoms with Crippen molar-refractivity contribution in [2.75, 3.05) is 0 Å². The number of allylic oxidation sites excluding steroid dienone is 2. The molecule has 0 aromatic heterocycles. The molecule has 1 aliphatic carbocycles. The number of carbonyl (C=O) groups is 2. The van der Waals surface area contributed by atoms with Crippen molar-refractivity contribution in [3.8, 4) is 0 Å². The van der Waals surface area contributed by atoms with Crippen LogP contribution in [0.25, 0.3) is 0 Å². The zero-order chi connectivity index (χ0) is 15.0. The van der Waals surface area contributed by atoms with Gasteiger partial charge in [0.15, 0.2) is 12.1 Å². The second kappa shape index (κ2) is 4.75. The molecule has 0 aromatic carbocycles. The quantitative estimate of drug-likeness (QED) is 0.711. The molecule has 3 N–H and O–H groups in total. The van der Waals surface area contributed by atoms with Crippen LogP contribution in [-0.2, 0) is 14.4 Å². The van der Waals surface area contributed by atoms with Crippen molar-refractivity contribution in [1.29, 1.82) is 0 Å². The van der Waals surface area contributed by atoms with E-state index < -0.39 is 23.0 Å². The number of nitrogens with zero attached hydrogens (tertiary/aromatic N) is 1. The summed E-state index contributed by atoms with van der Waals surface area (Å²) in [6.45, 7) is 3.44. The van der Waals surface area contributed by atoms with E-state index in [1.165, 1.54) is 6.08 Å². The van der Waals surface area contributed by atoms with Crippen molar-refractivity contribution in [3.63, 3.8) is 0 Å². The summed E-state index contributed by atoms with van der Waals surface area (Å²) in [5.74, 6) is -2.27. The highest BCUT2D eigenvalue weighted by Gasteiger charge is 2.58. The number of carboxylic acids is 2. The Balaban J connectivity index is 2.58. The summed E-state index contributed by atoms with van der Waals surface area (Å²) < 4.78 is 0. The summed E-state index contributed by atoms with van der Waals surface area (Å²) in [6, 6.07) is 0. The smallest absolute Gasteiger partial charge is 0.331 e. The van der Waals surface area contributed by atoms with E-state index in [-0.39, 0.29) is 12.0 Å². The largest absolute Gasteiger partial charge is 0.480 e. The van der Waals surface area contributed by atoms with Gasteiger partial charge in [-0.3, -0.25) is 4.79 Å². The second-order valence-electron chi connectivity index (χ2n) is 4.98. The molecule has 0 radical (unpaired) electrons. The Morgan fingerprint density at radius 3 is 2.65 bits per heavy atom. The summed E-state index contributed by atoms with van der Waals surface area (Å²) >= 11 is 0. The van der Waals surface area contributed by atoms with E-state index >= 15 is 0 Å². The van der Waals surface area contributed by atoms with E-state index in [0.29, 0.717) is 12.0 Å². The summed E-state index contributed by atoms with van der Waals surface area (Å²) in [7, 11) is 0. The molecule has 2 rings (SSSR count). The van der Waals surface area contributed by atoms with Crippen molar-refractivity contribution in [2.45, 2.75) is 32.4 Å². The van der Waals surface area contributed by atoms with Gasteiger partial charge in [0.25, 0.3) is 0 Å². The highest BCUT2D eigenvalue weighted by Crippen LogP contribution is 2.47. The number of hydrogen-bond donors (Lipinski definition) is 3. The van der Waals surface area contributed by atoms with Crippen LogP contribution in [0.1, 0.15) is 26.7 Å². The molecule has 2 unspecified atom stereocenters. The molecule has 0 spiro atoms. The fourth-order valence-corrected chi connectivity index (χ4v) is 2.78. The molecule has 0 bridgehead atoms. The maximum atomic E-state index is 11.9. The average molecular weight is 280 g/mol. The Kier molecular flexibility index (Phi) is 3.39. The van der Waals surface area contributed by atoms with Crippen LogP contribution >= 0.6 is 0 Å². The van der Waals surface area contributed by atoms with E-state index in [2.05, 4.69) is 10.5 Å². The topological polar surface area (TPSA) is 108 Å². The number of carboxylic acid groups (broad SMARTS) is 2. The van der Waals surface area contributed by atoms with Crippen LogP contribution in [-0.4, -0.2) is 34.2 Å². The number of rotatable bonds is 4. The molecule has 0 saturated heterocycles. The molecule has 7 heteroatoms. The van der Waals surface area contributed by atoms with Gasteiger partial charge in [0, 0.05) is 12.0 Å². The molecular weight excluding hydrogens is 264 g/mol. The van der Waals surface area contributed by atoms with Gasteiger partial charge in [-0.05, 0) is 19.4 Å². The van der Waals surface area contributed by atoms with Crippen LogP contribution < -0.4 is 5.48 Å². The maximum absolute atomic E-state index is 11.9. The lowest BCUT2D eigenvalue weighted by Gasteiger charge is -2.41. The molecule has 2 atom stereocenters. The van der Waals surface area contributed by atoms with E-state index in [1.54, 1.807) is 19.9 Å². The van der Waals surface area contributed by atoms with Crippen molar-refractivity contribution in [1.82, 2.24) is 5.48 Å². The third-order valence-electron chi connectivity index (χ3n) is 3.80. The predicted octanol–water partition coefficient (Wildman–Crippen LogP) is 1.09. The van der Waals surface area contributed by atoms with Gasteiger partial charge in [-0.1, -0.05) is 18.6 Å². The average Bonchev–Trinajstić information content (AvgIpc) is 2.87. The van der Waals surface area contributed by atoms with Crippen molar-refractivity contribution < 1.29 is 24.6 Å². The zero-order valence-corrected chi connectivity index (χ0v) is 11.2. The first-order chi connectivity index (χ1) is 9.37. The van der Waals surface area contributed by atoms with E-state index in [4.69, 9.17) is 4.84 Å². The third kappa shape index (κ3) is 1.90. The van der Waals surface area contributed by atoms with Gasteiger partial charge in [0.05, 0.1) is 0 Å². The molecule has 0 fully saturated rings. The first kappa shape index (κ1) is 14.3. The Bertz CT molecular complexity index is 551.